The minimum atomic E-state index is -3.93. The second-order valence-electron chi connectivity index (χ2n) is 7.97. The average molecular weight is 562 g/mol. The number of amidine groups is 2. The van der Waals surface area contributed by atoms with Crippen molar-refractivity contribution in [2.75, 3.05) is 5.43 Å². The Labute approximate surface area is 225 Å². The third-order valence-corrected chi connectivity index (χ3v) is 7.82. The molecule has 0 heterocycles. The lowest BCUT2D eigenvalue weighted by atomic mass is 10.2. The van der Waals surface area contributed by atoms with Crippen molar-refractivity contribution in [2.24, 2.45) is 30.6 Å². The van der Waals surface area contributed by atoms with Crippen molar-refractivity contribution in [1.82, 2.24) is 0 Å². The number of nitrogens with two attached hydrogens (primary N) is 2. The highest BCUT2D eigenvalue weighted by molar-refractivity contribution is 7.90. The highest BCUT2D eigenvalue weighted by Crippen LogP contribution is 2.18. The zero-order valence-electron chi connectivity index (χ0n) is 20.3. The van der Waals surface area contributed by atoms with Crippen molar-refractivity contribution in [2.45, 2.75) is 9.79 Å². The van der Waals surface area contributed by atoms with Crippen LogP contribution in [0.1, 0.15) is 11.1 Å². The van der Waals surface area contributed by atoms with Gasteiger partial charge in [0.2, 0.25) is 0 Å². The molecule has 4 aromatic rings. The molecule has 0 atom stereocenters. The van der Waals surface area contributed by atoms with Crippen LogP contribution in [-0.2, 0) is 20.0 Å². The Morgan fingerprint density at radius 1 is 0.564 bits per heavy atom. The smallest absolute Gasteiger partial charge is 0.284 e. The maximum absolute atomic E-state index is 12.4. The maximum atomic E-state index is 12.4. The summed E-state index contributed by atoms with van der Waals surface area (Å²) in [6, 6.07) is 28.4. The third-order valence-electron chi connectivity index (χ3n) is 5.21. The fourth-order valence-corrected chi connectivity index (χ4v) is 5.15. The monoisotopic (exact) mass is 561 g/mol. The summed E-state index contributed by atoms with van der Waals surface area (Å²) in [6.45, 7) is 0. The van der Waals surface area contributed by atoms with E-state index in [2.05, 4.69) is 24.6 Å². The maximum Gasteiger partial charge on any atom is 0.284 e. The zero-order chi connectivity index (χ0) is 27.9. The van der Waals surface area contributed by atoms with Crippen LogP contribution in [-0.4, -0.2) is 28.5 Å². The summed E-state index contributed by atoms with van der Waals surface area (Å²) in [4.78, 5) is 0.0940. The number of rotatable bonds is 9. The Balaban J connectivity index is 1.38. The SMILES string of the molecule is N/C(=N\S(=O)(=O)c1ccccc1)c1ccc(N=NNc2ccc(/C(N)=N/S(=O)(=O)c3ccccc3)cc2)cc1. The van der Waals surface area contributed by atoms with Gasteiger partial charge in [-0.15, -0.1) is 13.9 Å². The molecule has 4 aromatic carbocycles. The molecule has 0 saturated heterocycles. The van der Waals surface area contributed by atoms with Crippen molar-refractivity contribution in [3.05, 3.63) is 120 Å². The minimum absolute atomic E-state index is 0.0460. The molecule has 5 N–H and O–H groups in total. The van der Waals surface area contributed by atoms with Gasteiger partial charge in [0.05, 0.1) is 21.2 Å². The van der Waals surface area contributed by atoms with Gasteiger partial charge in [-0.1, -0.05) is 41.6 Å². The molecule has 0 radical (unpaired) electrons. The molecule has 0 aliphatic carbocycles. The van der Waals surface area contributed by atoms with Gasteiger partial charge in [-0.3, -0.25) is 5.43 Å². The Kier molecular flexibility index (Phi) is 8.13. The van der Waals surface area contributed by atoms with Gasteiger partial charge in [0, 0.05) is 11.1 Å². The van der Waals surface area contributed by atoms with E-state index >= 15 is 0 Å². The van der Waals surface area contributed by atoms with E-state index in [1.54, 1.807) is 84.9 Å². The molecule has 4 rings (SSSR count). The first-order chi connectivity index (χ1) is 18.6. The summed E-state index contributed by atoms with van der Waals surface area (Å²) in [5.41, 5.74) is 16.4. The third kappa shape index (κ3) is 7.12. The molecule has 0 spiro atoms. The van der Waals surface area contributed by atoms with Gasteiger partial charge in [0.15, 0.2) is 0 Å². The van der Waals surface area contributed by atoms with Gasteiger partial charge in [-0.25, -0.2) is 0 Å². The van der Waals surface area contributed by atoms with Crippen LogP contribution in [0, 0.1) is 0 Å². The van der Waals surface area contributed by atoms with Crippen LogP contribution in [0.15, 0.2) is 138 Å². The van der Waals surface area contributed by atoms with Crippen molar-refractivity contribution in [3.63, 3.8) is 0 Å². The molecule has 0 unspecified atom stereocenters. The second kappa shape index (κ2) is 11.7. The molecule has 11 nitrogen and oxygen atoms in total. The first-order valence-electron chi connectivity index (χ1n) is 11.3. The topological polar surface area (TPSA) is 182 Å². The number of nitrogens with one attached hydrogen (secondary N) is 1. The van der Waals surface area contributed by atoms with Crippen molar-refractivity contribution in [1.29, 1.82) is 0 Å². The number of hydrogen-bond acceptors (Lipinski definition) is 6. The number of benzene rings is 4. The van der Waals surface area contributed by atoms with Crippen LogP contribution in [0.2, 0.25) is 0 Å². The summed E-state index contributed by atoms with van der Waals surface area (Å²) in [5, 5.41) is 7.97. The lowest BCUT2D eigenvalue weighted by Gasteiger charge is -2.04. The molecule has 0 bridgehead atoms. The van der Waals surface area contributed by atoms with E-state index in [-0.39, 0.29) is 21.5 Å². The first kappa shape index (κ1) is 27.2. The largest absolute Gasteiger partial charge is 0.383 e. The summed E-state index contributed by atoms with van der Waals surface area (Å²) in [6.07, 6.45) is 0. The molecule has 13 heteroatoms. The minimum Gasteiger partial charge on any atom is -0.383 e. The molecular weight excluding hydrogens is 538 g/mol. The second-order valence-corrected chi connectivity index (χ2v) is 11.2. The molecule has 0 aliphatic heterocycles. The van der Waals surface area contributed by atoms with Crippen molar-refractivity contribution >= 4 is 43.1 Å². The van der Waals surface area contributed by atoms with Gasteiger partial charge in [0.25, 0.3) is 20.0 Å². The van der Waals surface area contributed by atoms with E-state index in [4.69, 9.17) is 11.5 Å². The highest BCUT2D eigenvalue weighted by Gasteiger charge is 2.14. The molecule has 0 aliphatic rings. The first-order valence-corrected chi connectivity index (χ1v) is 14.2. The Morgan fingerprint density at radius 3 is 1.41 bits per heavy atom. The quantitative estimate of drug-likeness (QED) is 0.119. The number of anilines is 1. The van der Waals surface area contributed by atoms with E-state index in [9.17, 15) is 16.8 Å². The molecule has 0 fully saturated rings. The lowest BCUT2D eigenvalue weighted by molar-refractivity contribution is 0.596. The Morgan fingerprint density at radius 2 is 0.974 bits per heavy atom. The molecule has 39 heavy (non-hydrogen) atoms. The Hall–Kier alpha value is -4.88. The highest BCUT2D eigenvalue weighted by atomic mass is 32.2. The van der Waals surface area contributed by atoms with E-state index in [0.29, 0.717) is 22.5 Å². The molecule has 0 aromatic heterocycles. The van der Waals surface area contributed by atoms with Crippen LogP contribution < -0.4 is 16.9 Å². The van der Waals surface area contributed by atoms with Crippen LogP contribution in [0.25, 0.3) is 0 Å². The van der Waals surface area contributed by atoms with Gasteiger partial charge in [-0.05, 0) is 72.8 Å². The summed E-state index contributed by atoms with van der Waals surface area (Å²) < 4.78 is 56.9. The van der Waals surface area contributed by atoms with Crippen LogP contribution in [0.5, 0.6) is 0 Å². The van der Waals surface area contributed by atoms with Gasteiger partial charge < -0.3 is 11.5 Å². The van der Waals surface area contributed by atoms with Crippen LogP contribution in [0.3, 0.4) is 0 Å². The van der Waals surface area contributed by atoms with E-state index in [1.165, 1.54) is 24.3 Å². The molecule has 0 amide bonds. The lowest BCUT2D eigenvalue weighted by Crippen LogP contribution is -2.16. The molecule has 0 saturated carbocycles. The standard InChI is InChI=1S/C26H23N7O4S2/c27-25(31-38(34,35)23-7-3-1-4-8-23)19-11-15-21(16-12-19)29-33-30-22-17-13-20(14-18-22)26(28)32-39(36,37)24-9-5-2-6-10-24/h1-18H,(H2,27,31)(H2,28,32)(H,29,30). The fraction of sp³-hybridized carbons (Fsp3) is 0. The number of nitrogens with zero attached hydrogens (tertiary/aromatic N) is 4. The van der Waals surface area contributed by atoms with Gasteiger partial charge in [0.1, 0.15) is 11.7 Å². The van der Waals surface area contributed by atoms with Crippen molar-refractivity contribution in [3.8, 4) is 0 Å². The average Bonchev–Trinajstić information content (AvgIpc) is 2.94. The van der Waals surface area contributed by atoms with Crippen LogP contribution in [0.4, 0.5) is 11.4 Å². The number of sulfonamides is 2. The summed E-state index contributed by atoms with van der Waals surface area (Å²) in [5.74, 6) is -0.300. The number of hydrogen-bond donors (Lipinski definition) is 3. The fourth-order valence-electron chi connectivity index (χ4n) is 3.21. The normalized spacial score (nSPS) is 12.9. The molecule has 198 valence electrons. The Bertz CT molecular complexity index is 1740. The van der Waals surface area contributed by atoms with Crippen molar-refractivity contribution < 1.29 is 16.8 Å². The van der Waals surface area contributed by atoms with Crippen LogP contribution >= 0.6 is 0 Å². The van der Waals surface area contributed by atoms with Gasteiger partial charge >= 0.3 is 0 Å². The molecular formula is C26H23N7O4S2. The van der Waals surface area contributed by atoms with E-state index < -0.39 is 20.0 Å². The van der Waals surface area contributed by atoms with Gasteiger partial charge in [-0.2, -0.15) is 16.8 Å². The predicted octanol–water partition coefficient (Wildman–Crippen LogP) is 3.99. The zero-order valence-corrected chi connectivity index (χ0v) is 21.9. The van der Waals surface area contributed by atoms with E-state index in [0.717, 1.165) is 0 Å². The van der Waals surface area contributed by atoms with E-state index in [1.807, 2.05) is 0 Å². The predicted molar refractivity (Wildman–Crippen MR) is 150 cm³/mol. The summed E-state index contributed by atoms with van der Waals surface area (Å²) >= 11 is 0. The summed E-state index contributed by atoms with van der Waals surface area (Å²) in [7, 11) is -7.85.